The first-order valence-corrected chi connectivity index (χ1v) is 8.85. The molecule has 5 nitrogen and oxygen atoms in total. The van der Waals surface area contributed by atoms with Crippen LogP contribution in [0.15, 0.2) is 22.4 Å². The van der Waals surface area contributed by atoms with Gasteiger partial charge in [-0.1, -0.05) is 6.07 Å². The van der Waals surface area contributed by atoms with Gasteiger partial charge in [-0.3, -0.25) is 4.31 Å². The molecule has 0 radical (unpaired) electrons. The minimum atomic E-state index is -3.59. The third-order valence-corrected chi connectivity index (χ3v) is 6.79. The van der Waals surface area contributed by atoms with Crippen LogP contribution in [-0.2, 0) is 10.0 Å². The van der Waals surface area contributed by atoms with Crippen molar-refractivity contribution in [1.82, 2.24) is 4.98 Å². The minimum Gasteiger partial charge on any atom is -0.489 e. The number of anilines is 1. The average molecular weight is 324 g/mol. The Bertz CT molecular complexity index is 797. The molecular formula is C14H16N2O3S2. The topological polar surface area (TPSA) is 59.5 Å². The third kappa shape index (κ3) is 2.40. The Morgan fingerprint density at radius 1 is 1.29 bits per heavy atom. The Balaban J connectivity index is 2.12. The highest BCUT2D eigenvalue weighted by atomic mass is 32.2. The first-order valence-electron chi connectivity index (χ1n) is 6.60. The lowest BCUT2D eigenvalue weighted by Crippen LogP contribution is -2.37. The van der Waals surface area contributed by atoms with Crippen molar-refractivity contribution in [3.63, 3.8) is 0 Å². The number of hydrogen-bond acceptors (Lipinski definition) is 5. The van der Waals surface area contributed by atoms with Gasteiger partial charge in [-0.25, -0.2) is 13.4 Å². The number of thiazole rings is 1. The van der Waals surface area contributed by atoms with E-state index in [0.29, 0.717) is 34.5 Å². The van der Waals surface area contributed by atoms with Crippen LogP contribution in [0.3, 0.4) is 0 Å². The summed E-state index contributed by atoms with van der Waals surface area (Å²) in [6, 6.07) is 5.55. The maximum Gasteiger partial charge on any atom is 0.275 e. The molecule has 1 aliphatic rings. The molecular weight excluding hydrogens is 308 g/mol. The summed E-state index contributed by atoms with van der Waals surface area (Å²) < 4.78 is 33.1. The van der Waals surface area contributed by atoms with Crippen molar-refractivity contribution < 1.29 is 13.2 Å². The molecule has 0 fully saturated rings. The predicted molar refractivity (Wildman–Crippen MR) is 82.8 cm³/mol. The van der Waals surface area contributed by atoms with Crippen LogP contribution in [0, 0.1) is 20.8 Å². The number of hydrogen-bond donors (Lipinski definition) is 0. The maximum atomic E-state index is 12.9. The smallest absolute Gasteiger partial charge is 0.275 e. The van der Waals surface area contributed by atoms with Crippen molar-refractivity contribution in [3.8, 4) is 5.75 Å². The zero-order chi connectivity index (χ0) is 15.2. The molecule has 21 heavy (non-hydrogen) atoms. The first kappa shape index (κ1) is 14.3. The number of sulfonamides is 1. The molecule has 3 rings (SSSR count). The summed E-state index contributed by atoms with van der Waals surface area (Å²) >= 11 is 1.21. The lowest BCUT2D eigenvalue weighted by Gasteiger charge is -2.30. The van der Waals surface area contributed by atoms with Gasteiger partial charge in [-0.05, 0) is 38.5 Å². The molecule has 0 saturated heterocycles. The first-order chi connectivity index (χ1) is 9.89. The van der Waals surface area contributed by atoms with E-state index in [2.05, 4.69) is 4.98 Å². The van der Waals surface area contributed by atoms with Gasteiger partial charge in [-0.15, -0.1) is 11.3 Å². The number of nitrogens with zero attached hydrogens (tertiary/aromatic N) is 2. The Morgan fingerprint density at radius 3 is 2.71 bits per heavy atom. The monoisotopic (exact) mass is 324 g/mol. The molecule has 0 N–H and O–H groups in total. The molecule has 0 spiro atoms. The van der Waals surface area contributed by atoms with Crippen molar-refractivity contribution in [2.24, 2.45) is 0 Å². The van der Waals surface area contributed by atoms with Crippen LogP contribution >= 0.6 is 11.3 Å². The van der Waals surface area contributed by atoms with Crippen LogP contribution < -0.4 is 9.04 Å². The zero-order valence-corrected chi connectivity index (χ0v) is 13.7. The van der Waals surface area contributed by atoms with E-state index in [1.54, 1.807) is 13.0 Å². The number of aromatic nitrogens is 1. The Kier molecular flexibility index (Phi) is 3.41. The van der Waals surface area contributed by atoms with E-state index in [4.69, 9.17) is 4.74 Å². The normalized spacial score (nSPS) is 14.7. The van der Waals surface area contributed by atoms with Gasteiger partial charge in [0.25, 0.3) is 10.0 Å². The van der Waals surface area contributed by atoms with Gasteiger partial charge in [-0.2, -0.15) is 0 Å². The number of benzene rings is 1. The lowest BCUT2D eigenvalue weighted by atomic mass is 10.2. The fourth-order valence-electron chi connectivity index (χ4n) is 2.40. The van der Waals surface area contributed by atoms with Crippen LogP contribution in [0.1, 0.15) is 16.3 Å². The van der Waals surface area contributed by atoms with E-state index in [1.807, 2.05) is 26.0 Å². The molecule has 1 aromatic carbocycles. The molecule has 0 unspecified atom stereocenters. The minimum absolute atomic E-state index is 0.313. The van der Waals surface area contributed by atoms with Gasteiger partial charge < -0.3 is 4.74 Å². The van der Waals surface area contributed by atoms with Crippen LogP contribution in [0.5, 0.6) is 5.75 Å². The molecule has 0 atom stereocenters. The van der Waals surface area contributed by atoms with Crippen molar-refractivity contribution in [2.45, 2.75) is 25.0 Å². The van der Waals surface area contributed by atoms with E-state index in [-0.39, 0.29) is 0 Å². The summed E-state index contributed by atoms with van der Waals surface area (Å²) in [5, 5.41) is 0.753. The summed E-state index contributed by atoms with van der Waals surface area (Å²) in [4.78, 5) is 4.22. The van der Waals surface area contributed by atoms with Crippen LogP contribution in [0.4, 0.5) is 5.69 Å². The second-order valence-electron chi connectivity index (χ2n) is 5.00. The molecule has 0 bridgehead atoms. The van der Waals surface area contributed by atoms with Gasteiger partial charge in [0.1, 0.15) is 12.4 Å². The van der Waals surface area contributed by atoms with Crippen molar-refractivity contribution in [2.75, 3.05) is 17.5 Å². The summed E-state index contributed by atoms with van der Waals surface area (Å²) in [5.41, 5.74) is 2.19. The molecule has 112 valence electrons. The molecule has 1 aliphatic heterocycles. The van der Waals surface area contributed by atoms with E-state index < -0.39 is 10.0 Å². The number of fused-ring (bicyclic) bond motifs is 1. The molecule has 1 aromatic heterocycles. The SMILES string of the molecule is Cc1ccc2c(c1)OCCN2S(=O)(=O)c1sc(C)nc1C. The average Bonchev–Trinajstić information content (AvgIpc) is 2.77. The largest absolute Gasteiger partial charge is 0.489 e. The molecule has 0 amide bonds. The van der Waals surface area contributed by atoms with Gasteiger partial charge in [0, 0.05) is 0 Å². The fourth-order valence-corrected chi connectivity index (χ4v) is 5.44. The zero-order valence-electron chi connectivity index (χ0n) is 12.1. The summed E-state index contributed by atoms with van der Waals surface area (Å²) in [5.74, 6) is 0.615. The van der Waals surface area contributed by atoms with Gasteiger partial charge in [0.05, 0.1) is 22.9 Å². The van der Waals surface area contributed by atoms with Gasteiger partial charge in [0.15, 0.2) is 4.21 Å². The second kappa shape index (κ2) is 4.99. The van der Waals surface area contributed by atoms with Gasteiger partial charge >= 0.3 is 0 Å². The maximum absolute atomic E-state index is 12.9. The summed E-state index contributed by atoms with van der Waals surface area (Å²) in [6.45, 7) is 6.16. The fraction of sp³-hybridized carbons (Fsp3) is 0.357. The Morgan fingerprint density at radius 2 is 2.05 bits per heavy atom. The molecule has 2 heterocycles. The quantitative estimate of drug-likeness (QED) is 0.852. The van der Waals surface area contributed by atoms with E-state index >= 15 is 0 Å². The molecule has 7 heteroatoms. The van der Waals surface area contributed by atoms with Crippen LogP contribution in [-0.4, -0.2) is 26.6 Å². The Labute approximate surface area is 128 Å². The standard InChI is InChI=1S/C14H16N2O3S2/c1-9-4-5-12-13(8-9)19-7-6-16(12)21(17,18)14-10(2)15-11(3)20-14/h4-5,8H,6-7H2,1-3H3. The highest BCUT2D eigenvalue weighted by Crippen LogP contribution is 2.37. The molecule has 0 aliphatic carbocycles. The van der Waals surface area contributed by atoms with E-state index in [0.717, 1.165) is 10.6 Å². The highest BCUT2D eigenvalue weighted by Gasteiger charge is 2.32. The van der Waals surface area contributed by atoms with E-state index in [1.165, 1.54) is 15.6 Å². The summed E-state index contributed by atoms with van der Waals surface area (Å²) in [6.07, 6.45) is 0. The number of ether oxygens (including phenoxy) is 1. The van der Waals surface area contributed by atoms with Crippen LogP contribution in [0.2, 0.25) is 0 Å². The lowest BCUT2D eigenvalue weighted by molar-refractivity contribution is 0.315. The Hall–Kier alpha value is -1.60. The van der Waals surface area contributed by atoms with Crippen molar-refractivity contribution in [3.05, 3.63) is 34.5 Å². The second-order valence-corrected chi connectivity index (χ2v) is 8.26. The third-order valence-electron chi connectivity index (χ3n) is 3.32. The van der Waals surface area contributed by atoms with E-state index in [9.17, 15) is 8.42 Å². The molecule has 2 aromatic rings. The predicted octanol–water partition coefficient (Wildman–Crippen LogP) is 2.66. The summed E-state index contributed by atoms with van der Waals surface area (Å²) in [7, 11) is -3.59. The highest BCUT2D eigenvalue weighted by molar-refractivity contribution is 7.94. The van der Waals surface area contributed by atoms with Crippen LogP contribution in [0.25, 0.3) is 0 Å². The molecule has 0 saturated carbocycles. The van der Waals surface area contributed by atoms with Crippen molar-refractivity contribution in [1.29, 1.82) is 0 Å². The number of rotatable bonds is 2. The number of aryl methyl sites for hydroxylation is 3. The van der Waals surface area contributed by atoms with Gasteiger partial charge in [0.2, 0.25) is 0 Å². The van der Waals surface area contributed by atoms with Crippen molar-refractivity contribution >= 4 is 27.0 Å².